The van der Waals surface area contributed by atoms with Gasteiger partial charge in [0, 0.05) is 55.6 Å². The monoisotopic (exact) mass is 656 g/mol. The summed E-state index contributed by atoms with van der Waals surface area (Å²) < 4.78 is 15.5. The first-order chi connectivity index (χ1) is 25.3. The average molecular weight is 657 g/mol. The summed E-state index contributed by atoms with van der Waals surface area (Å²) in [5, 5.41) is 3.35. The van der Waals surface area contributed by atoms with Crippen LogP contribution in [0.4, 0.5) is 0 Å². The fourth-order valence-corrected chi connectivity index (χ4v) is 7.99. The smallest absolute Gasteiger partial charge is 0.164 e. The minimum Gasteiger partial charge on any atom is -0.484 e. The molecule has 0 saturated carbocycles. The lowest BCUT2D eigenvalue weighted by Gasteiger charge is -2.22. The van der Waals surface area contributed by atoms with Gasteiger partial charge < -0.3 is 13.7 Å². The first kappa shape index (κ1) is 28.1. The van der Waals surface area contributed by atoms with Gasteiger partial charge in [0.15, 0.2) is 17.5 Å². The molecule has 6 heteroatoms. The molecule has 6 aromatic carbocycles. The van der Waals surface area contributed by atoms with E-state index in [1.807, 2.05) is 60.7 Å². The molecule has 0 N–H and O–H groups in total. The van der Waals surface area contributed by atoms with Gasteiger partial charge in [-0.25, -0.2) is 15.0 Å². The molecule has 0 bridgehead atoms. The molecular weight excluding hydrogens is 629 g/mol. The van der Waals surface area contributed by atoms with Crippen LogP contribution in [-0.4, -0.2) is 19.5 Å². The zero-order chi connectivity index (χ0) is 33.5. The van der Waals surface area contributed by atoms with Crippen molar-refractivity contribution in [2.24, 2.45) is 0 Å². The number of rotatable bonds is 4. The summed E-state index contributed by atoms with van der Waals surface area (Å²) in [4.78, 5) is 15.3. The van der Waals surface area contributed by atoms with E-state index in [1.165, 1.54) is 10.9 Å². The average Bonchev–Trinajstić information content (AvgIpc) is 3.87. The fourth-order valence-electron chi connectivity index (χ4n) is 7.99. The van der Waals surface area contributed by atoms with Crippen LogP contribution in [0.1, 0.15) is 28.8 Å². The number of nitrogens with zero attached hydrogens (tertiary/aromatic N) is 4. The Morgan fingerprint density at radius 2 is 1.24 bits per heavy atom. The van der Waals surface area contributed by atoms with Crippen molar-refractivity contribution in [1.29, 1.82) is 0 Å². The fraction of sp³-hybridized carbons (Fsp3) is 0.0444. The highest BCUT2D eigenvalue weighted by atomic mass is 16.5. The van der Waals surface area contributed by atoms with Crippen LogP contribution < -0.4 is 4.74 Å². The standard InChI is InChI=1S/C45H28N4O2/c1-3-12-27(13-4-1)43-46-44(28-22-23-31-30-16-8-10-20-37(30)50-39(31)26-28)48-45(47-43)34-18-11-21-38-40(34)33-24-25-36-41(42(33)51-38)32-17-7-9-19-35(32)49(36)29-14-5-2-6-15-29/h1-26,33,42H. The second-order valence-electron chi connectivity index (χ2n) is 13.1. The van der Waals surface area contributed by atoms with E-state index in [0.29, 0.717) is 17.5 Å². The predicted molar refractivity (Wildman–Crippen MR) is 202 cm³/mol. The Hall–Kier alpha value is -6.79. The van der Waals surface area contributed by atoms with Gasteiger partial charge in [-0.1, -0.05) is 109 Å². The van der Waals surface area contributed by atoms with E-state index < -0.39 is 0 Å². The van der Waals surface area contributed by atoms with Crippen molar-refractivity contribution in [3.8, 4) is 45.6 Å². The lowest BCUT2D eigenvalue weighted by atomic mass is 9.83. The first-order valence-corrected chi connectivity index (χ1v) is 17.2. The van der Waals surface area contributed by atoms with Gasteiger partial charge in [-0.15, -0.1) is 0 Å². The molecule has 51 heavy (non-hydrogen) atoms. The third-order valence-corrected chi connectivity index (χ3v) is 10.2. The number of hydrogen-bond donors (Lipinski definition) is 0. The Morgan fingerprint density at radius 3 is 2.10 bits per heavy atom. The van der Waals surface area contributed by atoms with E-state index in [0.717, 1.165) is 66.8 Å². The van der Waals surface area contributed by atoms with Crippen molar-refractivity contribution in [3.63, 3.8) is 0 Å². The van der Waals surface area contributed by atoms with Crippen LogP contribution in [0.2, 0.25) is 0 Å². The quantitative estimate of drug-likeness (QED) is 0.189. The molecule has 4 heterocycles. The highest BCUT2D eigenvalue weighted by molar-refractivity contribution is 6.05. The number of furan rings is 1. The van der Waals surface area contributed by atoms with Gasteiger partial charge in [-0.2, -0.15) is 0 Å². The zero-order valence-electron chi connectivity index (χ0n) is 27.3. The lowest BCUT2D eigenvalue weighted by Crippen LogP contribution is -2.14. The van der Waals surface area contributed by atoms with Crippen molar-refractivity contribution in [2.45, 2.75) is 12.0 Å². The van der Waals surface area contributed by atoms with Gasteiger partial charge in [0.25, 0.3) is 0 Å². The van der Waals surface area contributed by atoms with E-state index in [1.54, 1.807) is 0 Å². The number of hydrogen-bond acceptors (Lipinski definition) is 5. The Balaban J connectivity index is 1.08. The van der Waals surface area contributed by atoms with Crippen LogP contribution >= 0.6 is 0 Å². The molecule has 0 fully saturated rings. The Labute approximate surface area is 293 Å². The Morgan fingerprint density at radius 1 is 0.529 bits per heavy atom. The Kier molecular flexibility index (Phi) is 5.98. The molecule has 2 unspecified atom stereocenters. The molecule has 0 saturated heterocycles. The summed E-state index contributed by atoms with van der Waals surface area (Å²) in [5.74, 6) is 2.63. The van der Waals surface area contributed by atoms with Crippen LogP contribution in [-0.2, 0) is 0 Å². The van der Waals surface area contributed by atoms with E-state index in [-0.39, 0.29) is 12.0 Å². The van der Waals surface area contributed by atoms with E-state index in [4.69, 9.17) is 24.1 Å². The number of para-hydroxylation sites is 3. The van der Waals surface area contributed by atoms with Crippen molar-refractivity contribution < 1.29 is 9.15 Å². The van der Waals surface area contributed by atoms with Gasteiger partial charge in [-0.3, -0.25) is 0 Å². The molecule has 0 radical (unpaired) electrons. The molecular formula is C45H28N4O2. The Bertz CT molecular complexity index is 2850. The first-order valence-electron chi connectivity index (χ1n) is 17.2. The van der Waals surface area contributed by atoms with E-state index in [9.17, 15) is 0 Å². The van der Waals surface area contributed by atoms with Crippen LogP contribution in [0, 0.1) is 0 Å². The van der Waals surface area contributed by atoms with Crippen LogP contribution in [0.3, 0.4) is 0 Å². The molecule has 6 nitrogen and oxygen atoms in total. The maximum atomic E-state index is 6.92. The second kappa shape index (κ2) is 10.9. The molecule has 0 spiro atoms. The summed E-state index contributed by atoms with van der Waals surface area (Å²) in [6, 6.07) is 49.8. The summed E-state index contributed by atoms with van der Waals surface area (Å²) >= 11 is 0. The number of fused-ring (bicyclic) bond motifs is 10. The maximum Gasteiger partial charge on any atom is 0.164 e. The highest BCUT2D eigenvalue weighted by Crippen LogP contribution is 2.55. The van der Waals surface area contributed by atoms with Crippen molar-refractivity contribution in [3.05, 3.63) is 168 Å². The molecule has 240 valence electrons. The van der Waals surface area contributed by atoms with Crippen LogP contribution in [0.25, 0.3) is 78.8 Å². The third-order valence-electron chi connectivity index (χ3n) is 10.2. The van der Waals surface area contributed by atoms with Crippen molar-refractivity contribution >= 4 is 38.9 Å². The molecule has 1 aliphatic heterocycles. The van der Waals surface area contributed by atoms with Crippen molar-refractivity contribution in [1.82, 2.24) is 19.5 Å². The summed E-state index contributed by atoms with van der Waals surface area (Å²) in [6.07, 6.45) is 4.35. The molecule has 1 aliphatic carbocycles. The minimum absolute atomic E-state index is 0.0222. The molecule has 2 aliphatic rings. The summed E-state index contributed by atoms with van der Waals surface area (Å²) in [6.45, 7) is 0. The molecule has 3 aromatic heterocycles. The molecule has 11 rings (SSSR count). The van der Waals surface area contributed by atoms with Crippen LogP contribution in [0.15, 0.2) is 156 Å². The molecule has 2 atom stereocenters. The summed E-state index contributed by atoms with van der Waals surface area (Å²) in [5.41, 5.74) is 10.1. The topological polar surface area (TPSA) is 66.0 Å². The van der Waals surface area contributed by atoms with E-state index in [2.05, 4.69) is 102 Å². The van der Waals surface area contributed by atoms with Gasteiger partial charge in [-0.05, 0) is 48.5 Å². The van der Waals surface area contributed by atoms with Gasteiger partial charge in [0.05, 0.1) is 11.2 Å². The second-order valence-corrected chi connectivity index (χ2v) is 13.1. The summed E-state index contributed by atoms with van der Waals surface area (Å²) in [7, 11) is 0. The van der Waals surface area contributed by atoms with Gasteiger partial charge in [0.2, 0.25) is 0 Å². The normalized spacial score (nSPS) is 15.9. The zero-order valence-corrected chi connectivity index (χ0v) is 27.3. The largest absolute Gasteiger partial charge is 0.484 e. The van der Waals surface area contributed by atoms with Crippen LogP contribution in [0.5, 0.6) is 5.75 Å². The number of benzene rings is 6. The number of ether oxygens (including phenoxy) is 1. The lowest BCUT2D eigenvalue weighted by molar-refractivity contribution is 0.224. The molecule has 9 aromatic rings. The molecule has 0 amide bonds. The highest BCUT2D eigenvalue weighted by Gasteiger charge is 2.42. The van der Waals surface area contributed by atoms with Gasteiger partial charge >= 0.3 is 0 Å². The number of aromatic nitrogens is 4. The predicted octanol–water partition coefficient (Wildman–Crippen LogP) is 11.0. The van der Waals surface area contributed by atoms with Crippen molar-refractivity contribution in [2.75, 3.05) is 0 Å². The maximum absolute atomic E-state index is 6.92. The SMILES string of the molecule is C1=CC2c3c(cccc3-c3nc(-c4ccccc4)nc(-c4ccc5c(c4)oc4ccccc45)n3)OC2c2c1n(-c1ccccc1)c1ccccc21. The van der Waals surface area contributed by atoms with Gasteiger partial charge in [0.1, 0.15) is 23.0 Å². The minimum atomic E-state index is -0.193. The van der Waals surface area contributed by atoms with E-state index >= 15 is 0 Å². The third kappa shape index (κ3) is 4.26.